The topological polar surface area (TPSA) is 86.7 Å². The van der Waals surface area contributed by atoms with Gasteiger partial charge in [0.1, 0.15) is 5.82 Å². The number of aliphatic carboxylic acids is 1. The van der Waals surface area contributed by atoms with Crippen LogP contribution in [0.2, 0.25) is 0 Å². The molecular formula is C18H17FN2O4S. The lowest BCUT2D eigenvalue weighted by Crippen LogP contribution is -2.31. The van der Waals surface area contributed by atoms with Crippen molar-refractivity contribution in [2.24, 2.45) is 0 Å². The highest BCUT2D eigenvalue weighted by Crippen LogP contribution is 2.26. The van der Waals surface area contributed by atoms with Crippen LogP contribution in [0, 0.1) is 5.82 Å². The molecule has 26 heavy (non-hydrogen) atoms. The molecule has 1 aromatic heterocycles. The number of nitrogens with zero attached hydrogens (tertiary/aromatic N) is 1. The number of halogens is 1. The summed E-state index contributed by atoms with van der Waals surface area (Å²) in [5.74, 6) is -2.57. The molecule has 2 heterocycles. The molecule has 1 aliphatic heterocycles. The molecule has 0 saturated carbocycles. The number of carbonyl (C=O) groups excluding carboxylic acids is 2. The third-order valence-electron chi connectivity index (χ3n) is 4.15. The average molecular weight is 376 g/mol. The number of carboxylic acids is 1. The van der Waals surface area contributed by atoms with Gasteiger partial charge in [-0.1, -0.05) is 6.07 Å². The highest BCUT2D eigenvalue weighted by atomic mass is 32.1. The highest BCUT2D eigenvalue weighted by molar-refractivity contribution is 7.10. The van der Waals surface area contributed by atoms with Crippen LogP contribution < -0.4 is 10.2 Å². The van der Waals surface area contributed by atoms with Gasteiger partial charge in [0, 0.05) is 23.5 Å². The van der Waals surface area contributed by atoms with Crippen molar-refractivity contribution in [3.63, 3.8) is 0 Å². The summed E-state index contributed by atoms with van der Waals surface area (Å²) < 4.78 is 14.2. The molecule has 1 saturated heterocycles. The third kappa shape index (κ3) is 3.91. The second-order valence-electron chi connectivity index (χ2n) is 5.95. The van der Waals surface area contributed by atoms with Gasteiger partial charge in [-0.3, -0.25) is 14.4 Å². The number of hydrogen-bond donors (Lipinski definition) is 2. The molecule has 6 nitrogen and oxygen atoms in total. The normalized spacial score (nSPS) is 15.1. The molecule has 0 spiro atoms. The molecule has 1 aromatic carbocycles. The van der Waals surface area contributed by atoms with Crippen LogP contribution in [0.15, 0.2) is 35.7 Å². The standard InChI is InChI=1S/C18H17FN2O4S/c19-13-6-5-11(21-7-1-4-16(21)22)9-12(13)18(25)20-14(10-17(23)24)15-3-2-8-26-15/h2-3,5-6,8-9,14H,1,4,7,10H2,(H,20,25)(H,23,24)/t14-/m1/s1. The first-order valence-electron chi connectivity index (χ1n) is 8.11. The summed E-state index contributed by atoms with van der Waals surface area (Å²) >= 11 is 1.31. The van der Waals surface area contributed by atoms with Crippen LogP contribution >= 0.6 is 11.3 Å². The van der Waals surface area contributed by atoms with Crippen LogP contribution in [0.3, 0.4) is 0 Å². The minimum absolute atomic E-state index is 0.0645. The lowest BCUT2D eigenvalue weighted by molar-refractivity contribution is -0.137. The van der Waals surface area contributed by atoms with Crippen LogP contribution in [0.5, 0.6) is 0 Å². The lowest BCUT2D eigenvalue weighted by atomic mass is 10.1. The summed E-state index contributed by atoms with van der Waals surface area (Å²) in [7, 11) is 0. The molecule has 2 N–H and O–H groups in total. The Labute approximate surface area is 153 Å². The molecule has 0 radical (unpaired) electrons. The summed E-state index contributed by atoms with van der Waals surface area (Å²) in [6, 6.07) is 6.66. The van der Waals surface area contributed by atoms with E-state index in [4.69, 9.17) is 5.11 Å². The molecule has 136 valence electrons. The van der Waals surface area contributed by atoms with Crippen molar-refractivity contribution >= 4 is 34.8 Å². The van der Waals surface area contributed by atoms with Crippen LogP contribution in [0.4, 0.5) is 10.1 Å². The van der Waals surface area contributed by atoms with Gasteiger partial charge in [0.05, 0.1) is 18.0 Å². The SMILES string of the molecule is O=C(O)C[C@@H](NC(=O)c1cc(N2CCCC2=O)ccc1F)c1cccs1. The van der Waals surface area contributed by atoms with E-state index < -0.39 is 23.7 Å². The van der Waals surface area contributed by atoms with E-state index in [1.54, 1.807) is 17.5 Å². The van der Waals surface area contributed by atoms with Gasteiger partial charge in [0.15, 0.2) is 0 Å². The molecule has 1 atom stereocenters. The quantitative estimate of drug-likeness (QED) is 0.812. The van der Waals surface area contributed by atoms with Gasteiger partial charge < -0.3 is 15.3 Å². The van der Waals surface area contributed by atoms with E-state index in [1.807, 2.05) is 0 Å². The number of nitrogens with one attached hydrogen (secondary N) is 1. The van der Waals surface area contributed by atoms with Gasteiger partial charge in [0.2, 0.25) is 5.91 Å². The predicted molar refractivity (Wildman–Crippen MR) is 94.8 cm³/mol. The van der Waals surface area contributed by atoms with E-state index in [9.17, 15) is 18.8 Å². The van der Waals surface area contributed by atoms with E-state index in [0.29, 0.717) is 23.5 Å². The second kappa shape index (κ2) is 7.65. The number of carboxylic acid groups (broad SMARTS) is 1. The number of anilines is 1. The van der Waals surface area contributed by atoms with E-state index in [0.717, 1.165) is 12.5 Å². The fraction of sp³-hybridized carbons (Fsp3) is 0.278. The number of thiophene rings is 1. The number of carbonyl (C=O) groups is 3. The first-order chi connectivity index (χ1) is 12.5. The maximum Gasteiger partial charge on any atom is 0.305 e. The van der Waals surface area contributed by atoms with E-state index >= 15 is 0 Å². The number of benzene rings is 1. The molecule has 2 amide bonds. The van der Waals surface area contributed by atoms with Crippen LogP contribution in [0.1, 0.15) is 40.5 Å². The Morgan fingerprint density at radius 1 is 1.35 bits per heavy atom. The largest absolute Gasteiger partial charge is 0.481 e. The van der Waals surface area contributed by atoms with Crippen LogP contribution in [0.25, 0.3) is 0 Å². The highest BCUT2D eigenvalue weighted by Gasteiger charge is 2.25. The van der Waals surface area contributed by atoms with Crippen molar-refractivity contribution in [3.05, 3.63) is 52.0 Å². The van der Waals surface area contributed by atoms with Gasteiger partial charge in [-0.25, -0.2) is 4.39 Å². The maximum atomic E-state index is 14.2. The molecule has 0 unspecified atom stereocenters. The van der Waals surface area contributed by atoms with Crippen LogP contribution in [-0.2, 0) is 9.59 Å². The number of hydrogen-bond acceptors (Lipinski definition) is 4. The summed E-state index contributed by atoms with van der Waals surface area (Å²) in [5, 5.41) is 13.4. The molecule has 0 bridgehead atoms. The summed E-state index contributed by atoms with van der Waals surface area (Å²) in [4.78, 5) is 37.7. The van der Waals surface area contributed by atoms with Gasteiger partial charge in [0.25, 0.3) is 5.91 Å². The number of rotatable bonds is 6. The van der Waals surface area contributed by atoms with Crippen molar-refractivity contribution in [3.8, 4) is 0 Å². The summed E-state index contributed by atoms with van der Waals surface area (Å²) in [6.07, 6.45) is 0.840. The van der Waals surface area contributed by atoms with Crippen molar-refractivity contribution in [2.45, 2.75) is 25.3 Å². The molecule has 1 fully saturated rings. The minimum atomic E-state index is -1.07. The minimum Gasteiger partial charge on any atom is -0.481 e. The van der Waals surface area contributed by atoms with E-state index in [1.165, 1.54) is 28.4 Å². The van der Waals surface area contributed by atoms with E-state index in [2.05, 4.69) is 5.32 Å². The predicted octanol–water partition coefficient (Wildman–Crippen LogP) is 2.96. The molecule has 0 aliphatic carbocycles. The molecule has 3 rings (SSSR count). The summed E-state index contributed by atoms with van der Waals surface area (Å²) in [5.41, 5.74) is 0.249. The zero-order valence-corrected chi connectivity index (χ0v) is 14.6. The van der Waals surface area contributed by atoms with Crippen molar-refractivity contribution in [2.75, 3.05) is 11.4 Å². The fourth-order valence-electron chi connectivity index (χ4n) is 2.90. The Kier molecular flexibility index (Phi) is 5.32. The molecule has 2 aromatic rings. The third-order valence-corrected chi connectivity index (χ3v) is 5.14. The maximum absolute atomic E-state index is 14.2. The first kappa shape index (κ1) is 18.1. The van der Waals surface area contributed by atoms with Gasteiger partial charge >= 0.3 is 5.97 Å². The molecule has 8 heteroatoms. The lowest BCUT2D eigenvalue weighted by Gasteiger charge is -2.19. The van der Waals surface area contributed by atoms with Gasteiger partial charge in [-0.05, 0) is 36.1 Å². The van der Waals surface area contributed by atoms with Crippen molar-refractivity contribution in [1.29, 1.82) is 0 Å². The van der Waals surface area contributed by atoms with Gasteiger partial charge in [-0.15, -0.1) is 11.3 Å². The van der Waals surface area contributed by atoms with E-state index in [-0.39, 0.29) is 17.9 Å². The van der Waals surface area contributed by atoms with Crippen molar-refractivity contribution < 1.29 is 23.9 Å². The van der Waals surface area contributed by atoms with Gasteiger partial charge in [-0.2, -0.15) is 0 Å². The Balaban J connectivity index is 1.84. The Bertz CT molecular complexity index is 838. The fourth-order valence-corrected chi connectivity index (χ4v) is 3.68. The molecule has 1 aliphatic rings. The first-order valence-corrected chi connectivity index (χ1v) is 8.99. The van der Waals surface area contributed by atoms with Crippen molar-refractivity contribution in [1.82, 2.24) is 5.32 Å². The smallest absolute Gasteiger partial charge is 0.305 e. The Morgan fingerprint density at radius 3 is 2.77 bits per heavy atom. The zero-order chi connectivity index (χ0) is 18.7. The number of amides is 2. The summed E-state index contributed by atoms with van der Waals surface area (Å²) in [6.45, 7) is 0.530. The monoisotopic (exact) mass is 376 g/mol. The average Bonchev–Trinajstić information content (AvgIpc) is 3.26. The zero-order valence-electron chi connectivity index (χ0n) is 13.8. The Hall–Kier alpha value is -2.74. The Morgan fingerprint density at radius 2 is 2.15 bits per heavy atom. The van der Waals surface area contributed by atoms with Crippen LogP contribution in [-0.4, -0.2) is 29.4 Å². The molecular weight excluding hydrogens is 359 g/mol. The second-order valence-corrected chi connectivity index (χ2v) is 6.93.